The highest BCUT2D eigenvalue weighted by Gasteiger charge is 2.48. The van der Waals surface area contributed by atoms with Crippen molar-refractivity contribution >= 4 is 47.0 Å². The Morgan fingerprint density at radius 1 is 1.15 bits per heavy atom. The Bertz CT molecular complexity index is 808. The van der Waals surface area contributed by atoms with Crippen LogP contribution in [0.1, 0.15) is 44.2 Å². The zero-order valence-electron chi connectivity index (χ0n) is 14.7. The second-order valence-corrected chi connectivity index (χ2v) is 7.56. The van der Waals surface area contributed by atoms with Gasteiger partial charge in [0, 0.05) is 6.04 Å². The Hall–Kier alpha value is -2.12. The van der Waals surface area contributed by atoms with Gasteiger partial charge in [0.1, 0.15) is 6.54 Å². The van der Waals surface area contributed by atoms with Crippen molar-refractivity contribution in [2.24, 2.45) is 0 Å². The zero-order valence-corrected chi connectivity index (χ0v) is 16.2. The second-order valence-electron chi connectivity index (χ2n) is 6.75. The number of hydrogen-bond donors (Lipinski definition) is 1. The maximum Gasteiger partial charge on any atom is 0.334 e. The summed E-state index contributed by atoms with van der Waals surface area (Å²) in [5, 5.41) is 3.45. The standard InChI is InChI=1S/C18H19Cl2N3O4/c1-10(11-6-7-13(19)14(20)8-11)21-15(24)9-22-16(25)17(26)23(18(22)27)12-4-2-3-5-12/h6-8,10,12H,2-5,9H2,1H3,(H,21,24)/t10-/m0/s1. The predicted molar refractivity (Wildman–Crippen MR) is 99.2 cm³/mol. The molecular formula is C18H19Cl2N3O4. The Morgan fingerprint density at radius 3 is 2.44 bits per heavy atom. The molecule has 1 aliphatic carbocycles. The molecule has 1 saturated heterocycles. The van der Waals surface area contributed by atoms with Gasteiger partial charge in [0.15, 0.2) is 0 Å². The normalized spacial score (nSPS) is 19.1. The highest BCUT2D eigenvalue weighted by molar-refractivity contribution is 6.45. The topological polar surface area (TPSA) is 86.8 Å². The summed E-state index contributed by atoms with van der Waals surface area (Å²) < 4.78 is 0. The van der Waals surface area contributed by atoms with Crippen molar-refractivity contribution in [3.63, 3.8) is 0 Å². The third kappa shape index (κ3) is 3.94. The minimum Gasteiger partial charge on any atom is -0.348 e. The number of urea groups is 1. The molecule has 2 fully saturated rings. The largest absolute Gasteiger partial charge is 0.348 e. The molecule has 2 aliphatic rings. The van der Waals surface area contributed by atoms with Gasteiger partial charge in [-0.15, -0.1) is 0 Å². The lowest BCUT2D eigenvalue weighted by molar-refractivity contribution is -0.144. The smallest absolute Gasteiger partial charge is 0.334 e. The van der Waals surface area contributed by atoms with Crippen molar-refractivity contribution in [1.29, 1.82) is 0 Å². The average Bonchev–Trinajstić information content (AvgIpc) is 3.21. The van der Waals surface area contributed by atoms with Crippen molar-refractivity contribution in [2.45, 2.75) is 44.7 Å². The SMILES string of the molecule is C[C@H](NC(=O)CN1C(=O)C(=O)N(C2CCCC2)C1=O)c1ccc(Cl)c(Cl)c1. The lowest BCUT2D eigenvalue weighted by Gasteiger charge is -2.21. The maximum absolute atomic E-state index is 12.5. The maximum atomic E-state index is 12.5. The number of rotatable bonds is 5. The molecule has 144 valence electrons. The lowest BCUT2D eigenvalue weighted by Crippen LogP contribution is -2.43. The first kappa shape index (κ1) is 19.6. The van der Waals surface area contributed by atoms with Crippen LogP contribution in [0.2, 0.25) is 10.0 Å². The van der Waals surface area contributed by atoms with Crippen LogP contribution in [0.25, 0.3) is 0 Å². The summed E-state index contributed by atoms with van der Waals surface area (Å²) in [4.78, 5) is 50.8. The van der Waals surface area contributed by atoms with Crippen LogP contribution < -0.4 is 5.32 Å². The van der Waals surface area contributed by atoms with E-state index in [0.717, 1.165) is 23.3 Å². The van der Waals surface area contributed by atoms with E-state index in [1.54, 1.807) is 25.1 Å². The van der Waals surface area contributed by atoms with E-state index in [1.165, 1.54) is 0 Å². The summed E-state index contributed by atoms with van der Waals surface area (Å²) in [5.74, 6) is -2.35. The molecule has 1 aromatic carbocycles. The monoisotopic (exact) mass is 411 g/mol. The van der Waals surface area contributed by atoms with Crippen LogP contribution in [0.15, 0.2) is 18.2 Å². The number of nitrogens with zero attached hydrogens (tertiary/aromatic N) is 2. The molecule has 7 nitrogen and oxygen atoms in total. The van der Waals surface area contributed by atoms with E-state index in [-0.39, 0.29) is 6.04 Å². The molecule has 1 aromatic rings. The summed E-state index contributed by atoms with van der Waals surface area (Å²) in [7, 11) is 0. The number of hydrogen-bond acceptors (Lipinski definition) is 4. The quantitative estimate of drug-likeness (QED) is 0.595. The van der Waals surface area contributed by atoms with E-state index in [9.17, 15) is 19.2 Å². The Morgan fingerprint density at radius 2 is 1.81 bits per heavy atom. The first-order chi connectivity index (χ1) is 12.8. The average molecular weight is 412 g/mol. The third-order valence-electron chi connectivity index (χ3n) is 4.90. The molecule has 9 heteroatoms. The molecule has 1 aliphatic heterocycles. The van der Waals surface area contributed by atoms with Crippen molar-refractivity contribution in [3.8, 4) is 0 Å². The molecule has 27 heavy (non-hydrogen) atoms. The molecule has 0 bridgehead atoms. The molecule has 1 saturated carbocycles. The minimum atomic E-state index is -0.954. The van der Waals surface area contributed by atoms with Gasteiger partial charge in [0.05, 0.1) is 16.1 Å². The fourth-order valence-corrected chi connectivity index (χ4v) is 3.75. The van der Waals surface area contributed by atoms with E-state index in [0.29, 0.717) is 27.8 Å². The van der Waals surface area contributed by atoms with Gasteiger partial charge in [-0.25, -0.2) is 9.69 Å². The highest BCUT2D eigenvalue weighted by atomic mass is 35.5. The zero-order chi connectivity index (χ0) is 19.7. The lowest BCUT2D eigenvalue weighted by atomic mass is 10.1. The van der Waals surface area contributed by atoms with Crippen molar-refractivity contribution < 1.29 is 19.2 Å². The molecule has 0 radical (unpaired) electrons. The van der Waals surface area contributed by atoms with E-state index < -0.39 is 36.3 Å². The number of benzene rings is 1. The van der Waals surface area contributed by atoms with E-state index >= 15 is 0 Å². The van der Waals surface area contributed by atoms with Gasteiger partial charge in [-0.2, -0.15) is 0 Å². The van der Waals surface area contributed by atoms with Crippen molar-refractivity contribution in [2.75, 3.05) is 6.54 Å². The fraction of sp³-hybridized carbons (Fsp3) is 0.444. The molecule has 3 rings (SSSR count). The summed E-state index contributed by atoms with van der Waals surface area (Å²) >= 11 is 11.9. The van der Waals surface area contributed by atoms with Gasteiger partial charge < -0.3 is 5.32 Å². The van der Waals surface area contributed by atoms with E-state index in [1.807, 2.05) is 0 Å². The fourth-order valence-electron chi connectivity index (χ4n) is 3.44. The van der Waals surface area contributed by atoms with Crippen LogP contribution in [-0.4, -0.2) is 46.1 Å². The van der Waals surface area contributed by atoms with Gasteiger partial charge in [-0.1, -0.05) is 42.1 Å². The van der Waals surface area contributed by atoms with Crippen LogP contribution in [0, 0.1) is 0 Å². The molecule has 1 heterocycles. The number of imide groups is 2. The molecule has 5 amide bonds. The van der Waals surface area contributed by atoms with Crippen LogP contribution in [-0.2, 0) is 14.4 Å². The highest BCUT2D eigenvalue weighted by Crippen LogP contribution is 2.28. The molecule has 1 atom stereocenters. The predicted octanol–water partition coefficient (Wildman–Crippen LogP) is 2.90. The van der Waals surface area contributed by atoms with Crippen LogP contribution in [0.5, 0.6) is 0 Å². The first-order valence-corrected chi connectivity index (χ1v) is 9.48. The second kappa shape index (κ2) is 7.86. The Kier molecular flexibility index (Phi) is 5.72. The summed E-state index contributed by atoms with van der Waals surface area (Å²) in [6, 6.07) is 3.59. The van der Waals surface area contributed by atoms with Crippen LogP contribution in [0.4, 0.5) is 4.79 Å². The van der Waals surface area contributed by atoms with Crippen LogP contribution >= 0.6 is 23.2 Å². The van der Waals surface area contributed by atoms with Gasteiger partial charge in [0.2, 0.25) is 5.91 Å². The number of nitrogens with one attached hydrogen (secondary N) is 1. The molecule has 0 spiro atoms. The van der Waals surface area contributed by atoms with Crippen molar-refractivity contribution in [1.82, 2.24) is 15.1 Å². The van der Waals surface area contributed by atoms with Crippen LogP contribution in [0.3, 0.4) is 0 Å². The van der Waals surface area contributed by atoms with Gasteiger partial charge in [0.25, 0.3) is 0 Å². The number of carbonyl (C=O) groups is 4. The van der Waals surface area contributed by atoms with Gasteiger partial charge in [-0.3, -0.25) is 19.3 Å². The van der Waals surface area contributed by atoms with Gasteiger partial charge >= 0.3 is 17.8 Å². The van der Waals surface area contributed by atoms with Crippen molar-refractivity contribution in [3.05, 3.63) is 33.8 Å². The Labute approximate surface area is 166 Å². The summed E-state index contributed by atoms with van der Waals surface area (Å²) in [5.41, 5.74) is 0.723. The number of carbonyl (C=O) groups excluding carboxylic acids is 4. The van der Waals surface area contributed by atoms with E-state index in [2.05, 4.69) is 5.32 Å². The molecule has 0 aromatic heterocycles. The Balaban J connectivity index is 1.64. The molecular weight excluding hydrogens is 393 g/mol. The summed E-state index contributed by atoms with van der Waals surface area (Å²) in [6.45, 7) is 1.24. The third-order valence-corrected chi connectivity index (χ3v) is 5.64. The minimum absolute atomic E-state index is 0.253. The van der Waals surface area contributed by atoms with Gasteiger partial charge in [-0.05, 0) is 37.5 Å². The molecule has 1 N–H and O–H groups in total. The summed E-state index contributed by atoms with van der Waals surface area (Å²) in [6.07, 6.45) is 3.22. The number of amides is 5. The first-order valence-electron chi connectivity index (χ1n) is 8.73. The van der Waals surface area contributed by atoms with E-state index in [4.69, 9.17) is 23.2 Å². The number of halogens is 2. The molecule has 0 unspecified atom stereocenters.